The topological polar surface area (TPSA) is 42.0 Å². The minimum Gasteiger partial charge on any atom is -0.325 e. The number of fused-ring (bicyclic) bond motifs is 1. The second-order valence-electron chi connectivity index (χ2n) is 7.39. The van der Waals surface area contributed by atoms with E-state index in [-0.39, 0.29) is 5.91 Å². The zero-order valence-electron chi connectivity index (χ0n) is 17.1. The van der Waals surface area contributed by atoms with Gasteiger partial charge in [-0.25, -0.2) is 4.98 Å². The van der Waals surface area contributed by atoms with Crippen molar-refractivity contribution in [1.82, 2.24) is 4.98 Å². The first kappa shape index (κ1) is 20.4. The first-order valence-electron chi connectivity index (χ1n) is 9.86. The van der Waals surface area contributed by atoms with E-state index in [2.05, 4.69) is 63.3 Å². The normalized spacial score (nSPS) is 11.0. The van der Waals surface area contributed by atoms with Gasteiger partial charge in [0.05, 0.1) is 16.3 Å². The van der Waals surface area contributed by atoms with Crippen LogP contribution in [0.25, 0.3) is 10.9 Å². The quantitative estimate of drug-likeness (QED) is 0.484. The smallest absolute Gasteiger partial charge is 0.234 e. The fourth-order valence-electron chi connectivity index (χ4n) is 3.36. The Morgan fingerprint density at radius 2 is 1.79 bits per heavy atom. The summed E-state index contributed by atoms with van der Waals surface area (Å²) in [6.07, 6.45) is 3.48. The fourth-order valence-corrected chi connectivity index (χ4v) is 4.13. The van der Waals surface area contributed by atoms with Gasteiger partial charge in [0, 0.05) is 11.1 Å². The maximum atomic E-state index is 12.3. The molecule has 0 bridgehead atoms. The maximum Gasteiger partial charge on any atom is 0.234 e. The fraction of sp³-hybridized carbons (Fsp3) is 0.333. The van der Waals surface area contributed by atoms with Crippen LogP contribution in [0.1, 0.15) is 42.0 Å². The Morgan fingerprint density at radius 3 is 2.50 bits per heavy atom. The van der Waals surface area contributed by atoms with Crippen molar-refractivity contribution in [2.75, 3.05) is 11.1 Å². The molecule has 146 valence electrons. The number of rotatable bonds is 7. The van der Waals surface area contributed by atoms with E-state index >= 15 is 0 Å². The highest BCUT2D eigenvalue weighted by Crippen LogP contribution is 2.27. The Morgan fingerprint density at radius 1 is 1.04 bits per heavy atom. The van der Waals surface area contributed by atoms with Crippen molar-refractivity contribution in [2.45, 2.75) is 52.0 Å². The summed E-state index contributed by atoms with van der Waals surface area (Å²) >= 11 is 1.48. The van der Waals surface area contributed by atoms with Gasteiger partial charge < -0.3 is 5.32 Å². The molecule has 0 saturated heterocycles. The number of benzene rings is 2. The Bertz CT molecular complexity index is 980. The molecule has 1 aromatic heterocycles. The van der Waals surface area contributed by atoms with Crippen LogP contribution in [-0.4, -0.2) is 16.6 Å². The summed E-state index contributed by atoms with van der Waals surface area (Å²) in [7, 11) is 0. The first-order valence-corrected chi connectivity index (χ1v) is 10.8. The lowest BCUT2D eigenvalue weighted by Gasteiger charge is -2.10. The van der Waals surface area contributed by atoms with Crippen LogP contribution in [0.5, 0.6) is 0 Å². The molecule has 28 heavy (non-hydrogen) atoms. The molecule has 2 aromatic carbocycles. The standard InChI is InChI=1S/C24H28N2OS/c1-5-6-7-19-8-10-20(11-9-19)25-22(27)15-28-23-14-17(3)21-13-16(2)12-18(4)24(21)26-23/h8-14H,5-7,15H2,1-4H3,(H,25,27). The molecule has 0 fully saturated rings. The number of unbranched alkanes of at least 4 members (excludes halogenated alkanes) is 1. The van der Waals surface area contributed by atoms with Crippen LogP contribution < -0.4 is 5.32 Å². The summed E-state index contributed by atoms with van der Waals surface area (Å²) in [6, 6.07) is 14.6. The third kappa shape index (κ3) is 5.14. The molecule has 4 heteroatoms. The predicted molar refractivity (Wildman–Crippen MR) is 120 cm³/mol. The predicted octanol–water partition coefficient (Wildman–Crippen LogP) is 6.23. The molecule has 1 amide bonds. The number of anilines is 1. The van der Waals surface area contributed by atoms with E-state index in [1.54, 1.807) is 0 Å². The number of nitrogens with one attached hydrogen (secondary N) is 1. The Hall–Kier alpha value is -2.33. The summed E-state index contributed by atoms with van der Waals surface area (Å²) in [5.74, 6) is 0.340. The average molecular weight is 393 g/mol. The van der Waals surface area contributed by atoms with Gasteiger partial charge in [-0.15, -0.1) is 0 Å². The molecule has 0 aliphatic rings. The summed E-state index contributed by atoms with van der Waals surface area (Å²) in [6.45, 7) is 8.50. The van der Waals surface area contributed by atoms with Crippen LogP contribution in [0.3, 0.4) is 0 Å². The summed E-state index contributed by atoms with van der Waals surface area (Å²) in [4.78, 5) is 17.1. The Kier molecular flexibility index (Phi) is 6.74. The molecule has 3 aromatic rings. The number of amides is 1. The lowest BCUT2D eigenvalue weighted by atomic mass is 10.0. The van der Waals surface area contributed by atoms with Gasteiger partial charge in [-0.3, -0.25) is 4.79 Å². The Labute approximate surface area is 172 Å². The van der Waals surface area contributed by atoms with Gasteiger partial charge in [-0.2, -0.15) is 0 Å². The largest absolute Gasteiger partial charge is 0.325 e. The third-order valence-corrected chi connectivity index (χ3v) is 5.75. The lowest BCUT2D eigenvalue weighted by Crippen LogP contribution is -2.14. The molecule has 1 heterocycles. The van der Waals surface area contributed by atoms with Crippen molar-refractivity contribution < 1.29 is 4.79 Å². The van der Waals surface area contributed by atoms with E-state index in [4.69, 9.17) is 4.98 Å². The molecule has 3 rings (SSSR count). The molecule has 0 saturated carbocycles. The van der Waals surface area contributed by atoms with E-state index in [9.17, 15) is 4.79 Å². The van der Waals surface area contributed by atoms with E-state index < -0.39 is 0 Å². The zero-order chi connectivity index (χ0) is 20.1. The second kappa shape index (κ2) is 9.24. The molecule has 0 spiro atoms. The third-order valence-electron chi connectivity index (χ3n) is 4.84. The maximum absolute atomic E-state index is 12.3. The van der Waals surface area contributed by atoms with E-state index in [0.717, 1.165) is 22.7 Å². The van der Waals surface area contributed by atoms with Gasteiger partial charge >= 0.3 is 0 Å². The van der Waals surface area contributed by atoms with Crippen LogP contribution in [0.15, 0.2) is 47.5 Å². The zero-order valence-corrected chi connectivity index (χ0v) is 18.0. The molecule has 0 aliphatic carbocycles. The molecular weight excluding hydrogens is 364 g/mol. The van der Waals surface area contributed by atoms with E-state index in [1.807, 2.05) is 12.1 Å². The van der Waals surface area contributed by atoms with Crippen molar-refractivity contribution in [3.05, 3.63) is 64.7 Å². The van der Waals surface area contributed by atoms with Crippen LogP contribution in [0, 0.1) is 20.8 Å². The van der Waals surface area contributed by atoms with Crippen molar-refractivity contribution in [3.8, 4) is 0 Å². The highest BCUT2D eigenvalue weighted by Gasteiger charge is 2.09. The molecule has 0 unspecified atom stereocenters. The van der Waals surface area contributed by atoms with Gasteiger partial charge in [0.15, 0.2) is 0 Å². The lowest BCUT2D eigenvalue weighted by molar-refractivity contribution is -0.113. The number of carbonyl (C=O) groups is 1. The number of hydrogen-bond donors (Lipinski definition) is 1. The van der Waals surface area contributed by atoms with Crippen molar-refractivity contribution in [1.29, 1.82) is 0 Å². The molecular formula is C24H28N2OS. The molecule has 1 N–H and O–H groups in total. The summed E-state index contributed by atoms with van der Waals surface area (Å²) in [5, 5.41) is 5.06. The number of hydrogen-bond acceptors (Lipinski definition) is 3. The minimum absolute atomic E-state index is 0.00788. The van der Waals surface area contributed by atoms with Gasteiger partial charge in [-0.05, 0) is 74.6 Å². The van der Waals surface area contributed by atoms with Gasteiger partial charge in [0.25, 0.3) is 0 Å². The van der Waals surface area contributed by atoms with Gasteiger partial charge in [-0.1, -0.05) is 48.9 Å². The summed E-state index contributed by atoms with van der Waals surface area (Å²) < 4.78 is 0. The number of pyridine rings is 1. The van der Waals surface area contributed by atoms with E-state index in [1.165, 1.54) is 52.2 Å². The summed E-state index contributed by atoms with van der Waals surface area (Å²) in [5.41, 5.74) is 6.80. The van der Waals surface area contributed by atoms with Gasteiger partial charge in [0.2, 0.25) is 5.91 Å². The molecule has 0 radical (unpaired) electrons. The monoisotopic (exact) mass is 392 g/mol. The van der Waals surface area contributed by atoms with Crippen LogP contribution in [0.2, 0.25) is 0 Å². The second-order valence-corrected chi connectivity index (χ2v) is 8.39. The van der Waals surface area contributed by atoms with Crippen LogP contribution in [0.4, 0.5) is 5.69 Å². The SMILES string of the molecule is CCCCc1ccc(NC(=O)CSc2cc(C)c3cc(C)cc(C)c3n2)cc1. The first-order chi connectivity index (χ1) is 13.5. The highest BCUT2D eigenvalue weighted by molar-refractivity contribution is 7.99. The molecule has 0 atom stereocenters. The van der Waals surface area contributed by atoms with Crippen LogP contribution >= 0.6 is 11.8 Å². The number of thioether (sulfide) groups is 1. The van der Waals surface area contributed by atoms with Crippen molar-refractivity contribution >= 4 is 34.3 Å². The number of aromatic nitrogens is 1. The highest BCUT2D eigenvalue weighted by atomic mass is 32.2. The van der Waals surface area contributed by atoms with Crippen molar-refractivity contribution in [3.63, 3.8) is 0 Å². The minimum atomic E-state index is -0.00788. The molecule has 3 nitrogen and oxygen atoms in total. The van der Waals surface area contributed by atoms with Crippen LogP contribution in [-0.2, 0) is 11.2 Å². The average Bonchev–Trinajstić information content (AvgIpc) is 2.67. The van der Waals surface area contributed by atoms with Gasteiger partial charge in [0.1, 0.15) is 0 Å². The van der Waals surface area contributed by atoms with Crippen molar-refractivity contribution in [2.24, 2.45) is 0 Å². The van der Waals surface area contributed by atoms with E-state index in [0.29, 0.717) is 5.75 Å². The number of carbonyl (C=O) groups excluding carboxylic acids is 1. The number of aryl methyl sites for hydroxylation is 4. The Balaban J connectivity index is 1.63. The number of nitrogens with zero attached hydrogens (tertiary/aromatic N) is 1. The molecule has 0 aliphatic heterocycles.